The minimum Gasteiger partial charge on any atom is -0.395 e. The van der Waals surface area contributed by atoms with E-state index in [-0.39, 0.29) is 13.2 Å². The summed E-state index contributed by atoms with van der Waals surface area (Å²) < 4.78 is 4.51. The molecule has 2 atom stereocenters. The lowest BCUT2D eigenvalue weighted by atomic mass is 10.4. The molecular formula is C3H11N2O3P. The standard InChI is InChI=1S/C3H11N2O3P/c4-3(1-6)2-8-9(5)7/h3,6-7H,1-2,4-5H2/t3-,9?/m0/s1. The van der Waals surface area contributed by atoms with Gasteiger partial charge in [-0.1, -0.05) is 0 Å². The van der Waals surface area contributed by atoms with Crippen LogP contribution in [-0.4, -0.2) is 29.3 Å². The first-order chi connectivity index (χ1) is 4.16. The average molecular weight is 154 g/mol. The van der Waals surface area contributed by atoms with Gasteiger partial charge in [-0.3, -0.25) is 5.50 Å². The van der Waals surface area contributed by atoms with Gasteiger partial charge >= 0.3 is 0 Å². The van der Waals surface area contributed by atoms with Gasteiger partial charge in [0.2, 0.25) is 8.53 Å². The molecule has 0 amide bonds. The smallest absolute Gasteiger partial charge is 0.250 e. The van der Waals surface area contributed by atoms with Crippen LogP contribution in [0.3, 0.4) is 0 Å². The lowest BCUT2D eigenvalue weighted by Gasteiger charge is -2.08. The fraction of sp³-hybridized carbons (Fsp3) is 1.00. The Kier molecular flexibility index (Phi) is 5.18. The summed E-state index contributed by atoms with van der Waals surface area (Å²) in [5.41, 5.74) is 10.0. The summed E-state index contributed by atoms with van der Waals surface area (Å²) >= 11 is 0. The largest absolute Gasteiger partial charge is 0.395 e. The van der Waals surface area contributed by atoms with Crippen LogP contribution in [0.1, 0.15) is 0 Å². The van der Waals surface area contributed by atoms with Crippen molar-refractivity contribution in [1.29, 1.82) is 0 Å². The first-order valence-electron chi connectivity index (χ1n) is 2.40. The Morgan fingerprint density at radius 3 is 2.56 bits per heavy atom. The number of aliphatic hydroxyl groups is 1. The number of aliphatic hydroxyl groups excluding tert-OH is 1. The molecule has 0 saturated carbocycles. The molecule has 0 radical (unpaired) electrons. The van der Waals surface area contributed by atoms with E-state index in [1.165, 1.54) is 0 Å². The van der Waals surface area contributed by atoms with Crippen LogP contribution >= 0.6 is 8.53 Å². The lowest BCUT2D eigenvalue weighted by Crippen LogP contribution is -2.29. The van der Waals surface area contributed by atoms with Gasteiger partial charge < -0.3 is 20.3 Å². The van der Waals surface area contributed by atoms with Crippen molar-refractivity contribution < 1.29 is 14.5 Å². The van der Waals surface area contributed by atoms with E-state index in [1.54, 1.807) is 0 Å². The zero-order valence-electron chi connectivity index (χ0n) is 4.90. The maximum atomic E-state index is 8.38. The third kappa shape index (κ3) is 6.11. The zero-order valence-corrected chi connectivity index (χ0v) is 5.79. The molecule has 0 aromatic rings. The van der Waals surface area contributed by atoms with Crippen molar-refractivity contribution in [3.8, 4) is 0 Å². The number of rotatable bonds is 4. The van der Waals surface area contributed by atoms with Crippen molar-refractivity contribution in [2.45, 2.75) is 6.04 Å². The number of nitrogens with two attached hydrogens (primary N) is 2. The van der Waals surface area contributed by atoms with Gasteiger partial charge in [-0.2, -0.15) is 0 Å². The average Bonchev–Trinajstić information content (AvgIpc) is 1.83. The Labute approximate surface area is 54.6 Å². The summed E-state index contributed by atoms with van der Waals surface area (Å²) in [6.07, 6.45) is 0. The molecule has 0 saturated heterocycles. The van der Waals surface area contributed by atoms with E-state index in [9.17, 15) is 0 Å². The lowest BCUT2D eigenvalue weighted by molar-refractivity contribution is 0.207. The Morgan fingerprint density at radius 1 is 1.67 bits per heavy atom. The van der Waals surface area contributed by atoms with Crippen LogP contribution in [0.25, 0.3) is 0 Å². The molecule has 0 heterocycles. The van der Waals surface area contributed by atoms with Crippen molar-refractivity contribution >= 4 is 8.53 Å². The van der Waals surface area contributed by atoms with Crippen molar-refractivity contribution in [2.75, 3.05) is 13.2 Å². The maximum absolute atomic E-state index is 8.38. The Morgan fingerprint density at radius 2 is 2.22 bits per heavy atom. The topological polar surface area (TPSA) is 102 Å². The Bertz CT molecular complexity index is 72.1. The highest BCUT2D eigenvalue weighted by Crippen LogP contribution is 2.18. The van der Waals surface area contributed by atoms with Gasteiger partial charge in [-0.25, -0.2) is 0 Å². The molecular weight excluding hydrogens is 143 g/mol. The molecule has 0 spiro atoms. The molecule has 0 bridgehead atoms. The van der Waals surface area contributed by atoms with Crippen LogP contribution in [0.2, 0.25) is 0 Å². The Hall–Kier alpha value is 0.230. The molecule has 9 heavy (non-hydrogen) atoms. The third-order valence-corrected chi connectivity index (χ3v) is 1.07. The predicted molar refractivity (Wildman–Crippen MR) is 34.3 cm³/mol. The molecule has 0 aliphatic rings. The summed E-state index contributed by atoms with van der Waals surface area (Å²) in [6, 6.07) is -0.453. The van der Waals surface area contributed by atoms with Crippen molar-refractivity contribution in [3.05, 3.63) is 0 Å². The van der Waals surface area contributed by atoms with Gasteiger partial charge in [0.25, 0.3) is 0 Å². The number of hydrogen-bond acceptors (Lipinski definition) is 5. The fourth-order valence-corrected chi connectivity index (χ4v) is 0.569. The summed E-state index contributed by atoms with van der Waals surface area (Å²) in [5.74, 6) is 0. The molecule has 56 valence electrons. The second kappa shape index (κ2) is 5.05. The highest BCUT2D eigenvalue weighted by atomic mass is 31.2. The van der Waals surface area contributed by atoms with Crippen LogP contribution in [0, 0.1) is 0 Å². The molecule has 0 aromatic heterocycles. The minimum atomic E-state index is -1.83. The van der Waals surface area contributed by atoms with Crippen LogP contribution in [0.4, 0.5) is 0 Å². The van der Waals surface area contributed by atoms with Crippen LogP contribution < -0.4 is 11.2 Å². The van der Waals surface area contributed by atoms with Gasteiger partial charge in [0.15, 0.2) is 0 Å². The van der Waals surface area contributed by atoms with Gasteiger partial charge in [-0.15, -0.1) is 0 Å². The van der Waals surface area contributed by atoms with E-state index in [1.807, 2.05) is 0 Å². The molecule has 0 aliphatic heterocycles. The van der Waals surface area contributed by atoms with Gasteiger partial charge in [0, 0.05) is 0 Å². The molecule has 0 aromatic carbocycles. The van der Waals surface area contributed by atoms with Crippen molar-refractivity contribution in [1.82, 2.24) is 0 Å². The highest BCUT2D eigenvalue weighted by Gasteiger charge is 2.02. The fourth-order valence-electron chi connectivity index (χ4n) is 0.225. The molecule has 6 heteroatoms. The molecule has 0 rings (SSSR count). The van der Waals surface area contributed by atoms with E-state index in [0.29, 0.717) is 0 Å². The zero-order chi connectivity index (χ0) is 7.28. The minimum absolute atomic E-state index is 0.0925. The van der Waals surface area contributed by atoms with Gasteiger partial charge in [0.05, 0.1) is 19.3 Å². The molecule has 1 unspecified atom stereocenters. The van der Waals surface area contributed by atoms with Gasteiger partial charge in [-0.05, 0) is 0 Å². The molecule has 0 fully saturated rings. The highest BCUT2D eigenvalue weighted by molar-refractivity contribution is 7.43. The summed E-state index contributed by atoms with van der Waals surface area (Å²) in [7, 11) is -1.83. The normalized spacial score (nSPS) is 17.3. The first-order valence-corrected chi connectivity index (χ1v) is 3.68. The monoisotopic (exact) mass is 154 g/mol. The molecule has 0 aliphatic carbocycles. The first kappa shape index (κ1) is 9.23. The van der Waals surface area contributed by atoms with Crippen molar-refractivity contribution in [2.24, 2.45) is 11.2 Å². The predicted octanol–water partition coefficient (Wildman–Crippen LogP) is -1.50. The second-order valence-corrected chi connectivity index (χ2v) is 2.40. The molecule has 6 N–H and O–H groups in total. The summed E-state index contributed by atoms with van der Waals surface area (Å²) in [5, 5.41) is 8.33. The van der Waals surface area contributed by atoms with Crippen molar-refractivity contribution in [3.63, 3.8) is 0 Å². The van der Waals surface area contributed by atoms with E-state index < -0.39 is 14.6 Å². The Balaban J connectivity index is 3.06. The SMILES string of the molecule is N[C@@H](CO)COP(N)O. The quantitative estimate of drug-likeness (QED) is 0.369. The van der Waals surface area contributed by atoms with E-state index in [4.69, 9.17) is 21.2 Å². The van der Waals surface area contributed by atoms with Gasteiger partial charge in [0.1, 0.15) is 0 Å². The summed E-state index contributed by atoms with van der Waals surface area (Å²) in [4.78, 5) is 8.38. The maximum Gasteiger partial charge on any atom is 0.250 e. The summed E-state index contributed by atoms with van der Waals surface area (Å²) in [6.45, 7) is -0.0711. The van der Waals surface area contributed by atoms with E-state index in [0.717, 1.165) is 0 Å². The van der Waals surface area contributed by atoms with E-state index in [2.05, 4.69) is 4.52 Å². The number of hydrogen-bond donors (Lipinski definition) is 4. The third-order valence-electron chi connectivity index (χ3n) is 0.655. The van der Waals surface area contributed by atoms with Crippen LogP contribution in [0.15, 0.2) is 0 Å². The second-order valence-electron chi connectivity index (χ2n) is 1.54. The molecule has 5 nitrogen and oxygen atoms in total. The van der Waals surface area contributed by atoms with E-state index >= 15 is 0 Å². The van der Waals surface area contributed by atoms with Crippen LogP contribution in [-0.2, 0) is 4.52 Å². The van der Waals surface area contributed by atoms with Crippen LogP contribution in [0.5, 0.6) is 0 Å².